The van der Waals surface area contributed by atoms with Gasteiger partial charge >= 0.3 is 0 Å². The van der Waals surface area contributed by atoms with Gasteiger partial charge in [-0.2, -0.15) is 0 Å². The molecule has 0 radical (unpaired) electrons. The van der Waals surface area contributed by atoms with Gasteiger partial charge < -0.3 is 28.8 Å². The number of nitrogens with zero attached hydrogens (tertiary/aromatic N) is 3. The van der Waals surface area contributed by atoms with Gasteiger partial charge in [-0.25, -0.2) is 9.97 Å². The minimum absolute atomic E-state index is 0.0411. The maximum atomic E-state index is 6.51. The molecule has 1 fully saturated rings. The number of pyridine rings is 1. The summed E-state index contributed by atoms with van der Waals surface area (Å²) in [6.45, 7) is 16.9. The van der Waals surface area contributed by atoms with E-state index in [1.165, 1.54) is 0 Å². The van der Waals surface area contributed by atoms with Crippen molar-refractivity contribution in [2.75, 3.05) is 32.7 Å². The molecule has 0 unspecified atom stereocenters. The molecule has 196 valence electrons. The number of nitrogen functional groups attached to an aromatic ring is 1. The Morgan fingerprint density at radius 2 is 1.97 bits per heavy atom. The molecule has 3 aromatic heterocycles. The summed E-state index contributed by atoms with van der Waals surface area (Å²) in [5.74, 6) is 1.19. The van der Waals surface area contributed by atoms with E-state index >= 15 is 0 Å². The smallest absolute Gasteiger partial charge is 0.192 e. The highest BCUT2D eigenvalue weighted by molar-refractivity contribution is 6.74. The van der Waals surface area contributed by atoms with Gasteiger partial charge in [0.15, 0.2) is 8.32 Å². The van der Waals surface area contributed by atoms with Gasteiger partial charge in [-0.3, -0.25) is 0 Å². The molecule has 2 N–H and O–H groups in total. The molecular weight excluding hydrogens is 472 g/mol. The lowest BCUT2D eigenvalue weighted by Gasteiger charge is -2.38. The van der Waals surface area contributed by atoms with Crippen molar-refractivity contribution < 1.29 is 18.6 Å². The Morgan fingerprint density at radius 3 is 2.61 bits per heavy atom. The number of aryl methyl sites for hydroxylation is 1. The number of hydrogen-bond acceptors (Lipinski definition) is 7. The van der Waals surface area contributed by atoms with Gasteiger partial charge in [0, 0.05) is 49.6 Å². The van der Waals surface area contributed by atoms with E-state index in [0.29, 0.717) is 25.6 Å². The van der Waals surface area contributed by atoms with Gasteiger partial charge in [-0.05, 0) is 38.0 Å². The number of aromatic nitrogens is 3. The largest absolute Gasteiger partial charge is 0.491 e. The molecule has 4 heterocycles. The molecule has 1 aliphatic heterocycles. The van der Waals surface area contributed by atoms with Crippen LogP contribution in [0.1, 0.15) is 45.5 Å². The molecule has 3 aromatic rings. The Morgan fingerprint density at radius 1 is 1.22 bits per heavy atom. The van der Waals surface area contributed by atoms with Crippen LogP contribution in [0.15, 0.2) is 30.6 Å². The molecule has 8 nitrogen and oxygen atoms in total. The normalized spacial score (nSPS) is 19.7. The Bertz CT molecular complexity index is 1230. The maximum Gasteiger partial charge on any atom is 0.192 e. The summed E-state index contributed by atoms with van der Waals surface area (Å²) in [6, 6.07) is 7.92. The first-order valence-electron chi connectivity index (χ1n) is 12.5. The number of rotatable bonds is 8. The van der Waals surface area contributed by atoms with Gasteiger partial charge in [0.1, 0.15) is 30.1 Å². The Labute approximate surface area is 215 Å². The van der Waals surface area contributed by atoms with Gasteiger partial charge in [0.05, 0.1) is 29.6 Å². The van der Waals surface area contributed by atoms with Crippen LogP contribution in [0.3, 0.4) is 0 Å². The standard InChI is InChI=1S/C27H40N4O4Si/c1-18-11-21(23-14-25(28)29-17-31(18)23)22-12-20(13-24(30-22)27(32-6)9-10-33-16-27)34-15-19(2)35-36(7,8)26(3,4)5/h11-14,17,19H,9-10,15-16,28H2,1-8H3/t19-,27+/m1/s1. The fraction of sp³-hybridized carbons (Fsp3) is 0.556. The number of ether oxygens (including phenoxy) is 3. The van der Waals surface area contributed by atoms with E-state index in [1.54, 1.807) is 13.4 Å². The molecule has 2 atom stereocenters. The molecule has 0 bridgehead atoms. The molecule has 0 aliphatic carbocycles. The van der Waals surface area contributed by atoms with Crippen LogP contribution in [-0.2, 0) is 19.5 Å². The second-order valence-electron chi connectivity index (χ2n) is 11.3. The molecule has 9 heteroatoms. The molecule has 36 heavy (non-hydrogen) atoms. The second kappa shape index (κ2) is 9.78. The van der Waals surface area contributed by atoms with E-state index in [0.717, 1.165) is 40.3 Å². The van der Waals surface area contributed by atoms with Crippen molar-refractivity contribution in [1.82, 2.24) is 14.4 Å². The van der Waals surface area contributed by atoms with Crippen LogP contribution in [-0.4, -0.2) is 55.7 Å². The van der Waals surface area contributed by atoms with Crippen molar-refractivity contribution in [2.24, 2.45) is 0 Å². The number of anilines is 1. The van der Waals surface area contributed by atoms with Crippen molar-refractivity contribution in [1.29, 1.82) is 0 Å². The van der Waals surface area contributed by atoms with Gasteiger partial charge in [-0.1, -0.05) is 20.8 Å². The van der Waals surface area contributed by atoms with E-state index in [9.17, 15) is 0 Å². The Kier molecular flexibility index (Phi) is 7.22. The number of fused-ring (bicyclic) bond motifs is 1. The molecule has 0 spiro atoms. The first kappa shape index (κ1) is 26.6. The van der Waals surface area contributed by atoms with Crippen molar-refractivity contribution in [3.05, 3.63) is 42.0 Å². The third-order valence-corrected chi connectivity index (χ3v) is 12.2. The minimum atomic E-state index is -1.90. The van der Waals surface area contributed by atoms with E-state index in [2.05, 4.69) is 51.8 Å². The molecular formula is C27H40N4O4Si. The Hall–Kier alpha value is -2.46. The minimum Gasteiger partial charge on any atom is -0.491 e. The first-order valence-corrected chi connectivity index (χ1v) is 15.5. The van der Waals surface area contributed by atoms with E-state index in [4.69, 9.17) is 29.4 Å². The first-order chi connectivity index (χ1) is 16.8. The van der Waals surface area contributed by atoms with Crippen LogP contribution in [0.5, 0.6) is 5.75 Å². The third-order valence-electron chi connectivity index (χ3n) is 7.58. The average Bonchev–Trinajstić information content (AvgIpc) is 3.42. The van der Waals surface area contributed by atoms with Crippen molar-refractivity contribution in [2.45, 2.75) is 70.9 Å². The predicted molar refractivity (Wildman–Crippen MR) is 145 cm³/mol. The third kappa shape index (κ3) is 5.15. The molecule has 0 amide bonds. The van der Waals surface area contributed by atoms with Crippen LogP contribution in [0, 0.1) is 6.92 Å². The van der Waals surface area contributed by atoms with Crippen molar-refractivity contribution >= 4 is 19.7 Å². The monoisotopic (exact) mass is 512 g/mol. The van der Waals surface area contributed by atoms with Crippen LogP contribution < -0.4 is 10.5 Å². The summed E-state index contributed by atoms with van der Waals surface area (Å²) >= 11 is 0. The van der Waals surface area contributed by atoms with Crippen molar-refractivity contribution in [3.63, 3.8) is 0 Å². The SMILES string of the molecule is CO[C@@]1(c2cc(OC[C@@H](C)O[Si](C)(C)C(C)(C)C)cc(-c3cc(C)n4cnc(N)cc34)n2)CCOC1. The number of hydrogen-bond donors (Lipinski definition) is 1. The van der Waals surface area contributed by atoms with E-state index in [-0.39, 0.29) is 11.1 Å². The quantitative estimate of drug-likeness (QED) is 0.407. The molecule has 1 aliphatic rings. The number of nitrogens with two attached hydrogens (primary N) is 1. The molecule has 0 aromatic carbocycles. The van der Waals surface area contributed by atoms with Crippen molar-refractivity contribution in [3.8, 4) is 17.0 Å². The lowest BCUT2D eigenvalue weighted by atomic mass is 9.97. The summed E-state index contributed by atoms with van der Waals surface area (Å²) in [5, 5.41) is 0.136. The lowest BCUT2D eigenvalue weighted by molar-refractivity contribution is -0.0247. The summed E-state index contributed by atoms with van der Waals surface area (Å²) in [6.07, 6.45) is 2.43. The zero-order valence-electron chi connectivity index (χ0n) is 22.8. The van der Waals surface area contributed by atoms with Crippen LogP contribution in [0.2, 0.25) is 18.1 Å². The van der Waals surface area contributed by atoms with Crippen LogP contribution in [0.25, 0.3) is 16.8 Å². The topological polar surface area (TPSA) is 93.1 Å². The molecule has 1 saturated heterocycles. The van der Waals surface area contributed by atoms with Crippen LogP contribution in [0.4, 0.5) is 5.82 Å². The summed E-state index contributed by atoms with van der Waals surface area (Å²) in [5.41, 5.74) is 9.96. The van der Waals surface area contributed by atoms with E-state index < -0.39 is 13.9 Å². The number of methoxy groups -OCH3 is 1. The summed E-state index contributed by atoms with van der Waals surface area (Å²) in [4.78, 5) is 9.30. The van der Waals surface area contributed by atoms with E-state index in [1.807, 2.05) is 29.5 Å². The highest BCUT2D eigenvalue weighted by atomic mass is 28.4. The average molecular weight is 513 g/mol. The fourth-order valence-corrected chi connectivity index (χ4v) is 5.81. The lowest BCUT2D eigenvalue weighted by Crippen LogP contribution is -2.44. The van der Waals surface area contributed by atoms with Crippen LogP contribution >= 0.6 is 0 Å². The molecule has 4 rings (SSSR count). The highest BCUT2D eigenvalue weighted by Gasteiger charge is 2.40. The fourth-order valence-electron chi connectivity index (χ4n) is 4.38. The van der Waals surface area contributed by atoms with Gasteiger partial charge in [-0.15, -0.1) is 0 Å². The summed E-state index contributed by atoms with van der Waals surface area (Å²) in [7, 11) is -0.191. The Balaban J connectivity index is 1.71. The highest BCUT2D eigenvalue weighted by Crippen LogP contribution is 2.39. The van der Waals surface area contributed by atoms with Gasteiger partial charge in [0.25, 0.3) is 0 Å². The zero-order valence-corrected chi connectivity index (χ0v) is 23.8. The maximum absolute atomic E-state index is 6.51. The molecule has 0 saturated carbocycles. The summed E-state index contributed by atoms with van der Waals surface area (Å²) < 4.78 is 26.6. The zero-order chi connectivity index (χ0) is 26.3. The van der Waals surface area contributed by atoms with Gasteiger partial charge in [0.2, 0.25) is 0 Å². The second-order valence-corrected chi connectivity index (χ2v) is 16.1. The predicted octanol–water partition coefficient (Wildman–Crippen LogP) is 5.34.